The molecule has 1 nitrogen and oxygen atoms in total. The summed E-state index contributed by atoms with van der Waals surface area (Å²) in [5.74, 6) is 0. The predicted molar refractivity (Wildman–Crippen MR) is 29.0 cm³/mol. The summed E-state index contributed by atoms with van der Waals surface area (Å²) in [5, 5.41) is 0. The average Bonchev–Trinajstić information content (AvgIpc) is 1.62. The summed E-state index contributed by atoms with van der Waals surface area (Å²) in [6.07, 6.45) is -4.19. The Morgan fingerprint density at radius 1 is 1.22 bits per heavy atom. The van der Waals surface area contributed by atoms with Crippen molar-refractivity contribution in [2.45, 2.75) is 26.2 Å². The minimum atomic E-state index is -4.19. The lowest BCUT2D eigenvalue weighted by atomic mass is 10.4. The van der Waals surface area contributed by atoms with Crippen LogP contribution in [0.3, 0.4) is 0 Å². The van der Waals surface area contributed by atoms with Gasteiger partial charge in [0.1, 0.15) is 0 Å². The van der Waals surface area contributed by atoms with Gasteiger partial charge in [-0.15, -0.1) is 0 Å². The number of alkyl halides is 3. The van der Waals surface area contributed by atoms with E-state index in [-0.39, 0.29) is 0 Å². The van der Waals surface area contributed by atoms with Crippen LogP contribution in [0.2, 0.25) is 0 Å². The Hall–Kier alpha value is -0.250. The number of halogens is 3. The second-order valence-electron chi connectivity index (χ2n) is 2.17. The summed E-state index contributed by atoms with van der Waals surface area (Å²) >= 11 is 0. The molecule has 0 spiro atoms. The lowest BCUT2D eigenvalue weighted by molar-refractivity contribution is -0.245. The van der Waals surface area contributed by atoms with Crippen molar-refractivity contribution < 1.29 is 13.2 Å². The Morgan fingerprint density at radius 2 is 1.56 bits per heavy atom. The Labute approximate surface area is 52.5 Å². The van der Waals surface area contributed by atoms with Gasteiger partial charge in [0.15, 0.2) is 0 Å². The second-order valence-corrected chi connectivity index (χ2v) is 2.17. The van der Waals surface area contributed by atoms with E-state index in [1.807, 2.05) is 0 Å². The average molecular weight is 141 g/mol. The molecule has 0 heterocycles. The third-order valence-corrected chi connectivity index (χ3v) is 1.17. The van der Waals surface area contributed by atoms with Gasteiger partial charge in [-0.3, -0.25) is 0 Å². The second kappa shape index (κ2) is 2.56. The smallest absolute Gasteiger partial charge is 0.215 e. The fourth-order valence-corrected chi connectivity index (χ4v) is 0.293. The quantitative estimate of drug-likeness (QED) is 0.503. The van der Waals surface area contributed by atoms with Crippen molar-refractivity contribution in [3.8, 4) is 0 Å². The summed E-state index contributed by atoms with van der Waals surface area (Å²) in [5.41, 5.74) is 0. The highest BCUT2D eigenvalue weighted by Crippen LogP contribution is 2.20. The molecule has 0 atom stereocenters. The van der Waals surface area contributed by atoms with Crippen LogP contribution in [0.1, 0.15) is 13.8 Å². The van der Waals surface area contributed by atoms with Crippen molar-refractivity contribution in [3.05, 3.63) is 0 Å². The third kappa shape index (κ3) is 2.70. The molecular weight excluding hydrogens is 131 g/mol. The molecule has 0 unspecified atom stereocenters. The first-order valence-corrected chi connectivity index (χ1v) is 2.65. The van der Waals surface area contributed by atoms with E-state index in [9.17, 15) is 13.2 Å². The highest BCUT2D eigenvalue weighted by molar-refractivity contribution is 4.57. The molecule has 0 saturated heterocycles. The molecule has 0 N–H and O–H groups in total. The Kier molecular flexibility index (Phi) is 2.49. The maximum absolute atomic E-state index is 11.6. The Balaban J connectivity index is 3.88. The third-order valence-electron chi connectivity index (χ3n) is 1.17. The standard InChI is InChI=1S/C5H10F3N/c1-4(2)9(3)5(6,7)8/h4H,1-3H3. The van der Waals surface area contributed by atoms with Gasteiger partial charge in [0, 0.05) is 6.04 Å². The van der Waals surface area contributed by atoms with Gasteiger partial charge in [0.2, 0.25) is 0 Å². The monoisotopic (exact) mass is 141 g/mol. The van der Waals surface area contributed by atoms with Gasteiger partial charge >= 0.3 is 6.30 Å². The molecule has 0 saturated carbocycles. The van der Waals surface area contributed by atoms with Gasteiger partial charge in [-0.1, -0.05) is 0 Å². The van der Waals surface area contributed by atoms with Crippen LogP contribution in [0.15, 0.2) is 0 Å². The summed E-state index contributed by atoms with van der Waals surface area (Å²) in [6.45, 7) is 2.99. The molecule has 0 radical (unpaired) electrons. The van der Waals surface area contributed by atoms with E-state index in [2.05, 4.69) is 0 Å². The fraction of sp³-hybridized carbons (Fsp3) is 1.00. The van der Waals surface area contributed by atoms with Crippen LogP contribution in [0.5, 0.6) is 0 Å². The molecule has 0 aliphatic rings. The molecule has 56 valence electrons. The van der Waals surface area contributed by atoms with Crippen LogP contribution in [-0.2, 0) is 0 Å². The minimum Gasteiger partial charge on any atom is -0.215 e. The SMILES string of the molecule is CC(C)N(C)C(F)(F)F. The minimum absolute atomic E-state index is 0.354. The van der Waals surface area contributed by atoms with Gasteiger partial charge in [-0.05, 0) is 20.9 Å². The highest BCUT2D eigenvalue weighted by atomic mass is 19.4. The summed E-state index contributed by atoms with van der Waals surface area (Å²) < 4.78 is 34.9. The normalized spacial score (nSPS) is 13.3. The molecule has 0 aliphatic carbocycles. The van der Waals surface area contributed by atoms with E-state index in [0.717, 1.165) is 7.05 Å². The summed E-state index contributed by atoms with van der Waals surface area (Å²) in [6, 6.07) is -0.481. The molecular formula is C5H10F3N. The lowest BCUT2D eigenvalue weighted by Crippen LogP contribution is -2.39. The molecule has 0 rings (SSSR count). The van der Waals surface area contributed by atoms with Gasteiger partial charge in [-0.25, -0.2) is 4.90 Å². The van der Waals surface area contributed by atoms with E-state index < -0.39 is 12.3 Å². The van der Waals surface area contributed by atoms with Crippen LogP contribution < -0.4 is 0 Å². The van der Waals surface area contributed by atoms with Crippen molar-refractivity contribution in [3.63, 3.8) is 0 Å². The maximum atomic E-state index is 11.6. The van der Waals surface area contributed by atoms with Crippen molar-refractivity contribution >= 4 is 0 Å². The molecule has 9 heavy (non-hydrogen) atoms. The van der Waals surface area contributed by atoms with Gasteiger partial charge < -0.3 is 0 Å². The molecule has 0 aromatic heterocycles. The van der Waals surface area contributed by atoms with E-state index in [0.29, 0.717) is 4.90 Å². The van der Waals surface area contributed by atoms with Gasteiger partial charge in [0.25, 0.3) is 0 Å². The number of nitrogens with zero attached hydrogens (tertiary/aromatic N) is 1. The molecule has 4 heteroatoms. The first-order valence-electron chi connectivity index (χ1n) is 2.65. The van der Waals surface area contributed by atoms with Crippen LogP contribution in [-0.4, -0.2) is 24.3 Å². The van der Waals surface area contributed by atoms with E-state index in [4.69, 9.17) is 0 Å². The van der Waals surface area contributed by atoms with E-state index >= 15 is 0 Å². The molecule has 0 fully saturated rings. The first kappa shape index (κ1) is 8.75. The number of rotatable bonds is 1. The van der Waals surface area contributed by atoms with Gasteiger partial charge in [0.05, 0.1) is 0 Å². The summed E-state index contributed by atoms with van der Waals surface area (Å²) in [7, 11) is 1.03. The fourth-order valence-electron chi connectivity index (χ4n) is 0.293. The molecule has 0 amide bonds. The van der Waals surface area contributed by atoms with Crippen LogP contribution in [0.4, 0.5) is 13.2 Å². The van der Waals surface area contributed by atoms with Crippen LogP contribution >= 0.6 is 0 Å². The number of hydrogen-bond donors (Lipinski definition) is 0. The predicted octanol–water partition coefficient (Wildman–Crippen LogP) is 1.85. The topological polar surface area (TPSA) is 3.24 Å². The first-order chi connectivity index (χ1) is 3.85. The van der Waals surface area contributed by atoms with Crippen molar-refractivity contribution in [1.29, 1.82) is 0 Å². The highest BCUT2D eigenvalue weighted by Gasteiger charge is 2.35. The zero-order valence-corrected chi connectivity index (χ0v) is 5.66. The van der Waals surface area contributed by atoms with Crippen molar-refractivity contribution in [2.24, 2.45) is 0 Å². The van der Waals surface area contributed by atoms with Crippen LogP contribution in [0, 0.1) is 0 Å². The molecule has 0 bridgehead atoms. The van der Waals surface area contributed by atoms with Gasteiger partial charge in [-0.2, -0.15) is 13.2 Å². The zero-order valence-electron chi connectivity index (χ0n) is 5.66. The molecule has 0 aliphatic heterocycles. The van der Waals surface area contributed by atoms with E-state index in [1.54, 1.807) is 0 Å². The Bertz CT molecular complexity index is 86.7. The Morgan fingerprint density at radius 3 is 1.56 bits per heavy atom. The van der Waals surface area contributed by atoms with Crippen molar-refractivity contribution in [1.82, 2.24) is 4.90 Å². The lowest BCUT2D eigenvalue weighted by Gasteiger charge is -2.23. The zero-order chi connectivity index (χ0) is 7.65. The molecule has 0 aromatic rings. The number of hydrogen-bond acceptors (Lipinski definition) is 1. The van der Waals surface area contributed by atoms with E-state index in [1.165, 1.54) is 13.8 Å². The van der Waals surface area contributed by atoms with Crippen molar-refractivity contribution in [2.75, 3.05) is 7.05 Å². The summed E-state index contributed by atoms with van der Waals surface area (Å²) in [4.78, 5) is 0.354. The van der Waals surface area contributed by atoms with Crippen LogP contribution in [0.25, 0.3) is 0 Å². The molecule has 0 aromatic carbocycles. The maximum Gasteiger partial charge on any atom is 0.459 e. The largest absolute Gasteiger partial charge is 0.459 e.